The fourth-order valence-corrected chi connectivity index (χ4v) is 8.98. The van der Waals surface area contributed by atoms with Gasteiger partial charge in [0.1, 0.15) is 0 Å². The molecular weight excluding hydrogens is 542 g/mol. The van der Waals surface area contributed by atoms with Crippen LogP contribution in [0.15, 0.2) is 133 Å². The number of rotatable bonds is 5. The summed E-state index contributed by atoms with van der Waals surface area (Å²) < 4.78 is 6.00. The summed E-state index contributed by atoms with van der Waals surface area (Å²) in [4.78, 5) is 0. The number of benzene rings is 4. The molecular formula is C32H22Se2. The fraction of sp³-hybridized carbons (Fsp3) is 0. The van der Waals surface area contributed by atoms with E-state index in [1.165, 1.54) is 51.1 Å². The third-order valence-corrected chi connectivity index (χ3v) is 11.6. The third-order valence-electron chi connectivity index (χ3n) is 6.01. The van der Waals surface area contributed by atoms with Gasteiger partial charge in [0.15, 0.2) is 0 Å². The first kappa shape index (κ1) is 21.4. The fourth-order valence-electron chi connectivity index (χ4n) is 4.17. The van der Waals surface area contributed by atoms with E-state index >= 15 is 0 Å². The molecule has 0 bridgehead atoms. The molecule has 0 amide bonds. The summed E-state index contributed by atoms with van der Waals surface area (Å²) in [6.07, 6.45) is 0. The molecule has 0 saturated heterocycles. The summed E-state index contributed by atoms with van der Waals surface area (Å²) in [5.74, 6) is 0. The molecule has 0 aliphatic heterocycles. The zero-order valence-corrected chi connectivity index (χ0v) is 21.9. The van der Waals surface area contributed by atoms with Crippen molar-refractivity contribution in [1.82, 2.24) is 0 Å². The molecule has 0 aliphatic carbocycles. The summed E-state index contributed by atoms with van der Waals surface area (Å²) >= 11 is 0.727. The molecule has 34 heavy (non-hydrogen) atoms. The van der Waals surface area contributed by atoms with Crippen LogP contribution in [0.3, 0.4) is 0 Å². The quantitative estimate of drug-likeness (QED) is 0.186. The van der Waals surface area contributed by atoms with Crippen molar-refractivity contribution in [3.63, 3.8) is 0 Å². The Balaban J connectivity index is 1.21. The predicted molar refractivity (Wildman–Crippen MR) is 148 cm³/mol. The second kappa shape index (κ2) is 9.63. The molecule has 0 saturated carbocycles. The van der Waals surface area contributed by atoms with Crippen molar-refractivity contribution in [2.75, 3.05) is 0 Å². The number of hydrogen-bond donors (Lipinski definition) is 0. The van der Waals surface area contributed by atoms with Crippen molar-refractivity contribution in [2.24, 2.45) is 0 Å². The molecule has 2 heterocycles. The van der Waals surface area contributed by atoms with Crippen LogP contribution < -0.4 is 0 Å². The van der Waals surface area contributed by atoms with E-state index in [4.69, 9.17) is 0 Å². The zero-order valence-electron chi connectivity index (χ0n) is 18.5. The zero-order chi connectivity index (χ0) is 22.7. The van der Waals surface area contributed by atoms with Gasteiger partial charge in [0.05, 0.1) is 0 Å². The molecule has 4 aromatic carbocycles. The molecule has 6 rings (SSSR count). The van der Waals surface area contributed by atoms with E-state index in [-0.39, 0.29) is 0 Å². The van der Waals surface area contributed by atoms with Gasteiger partial charge in [0.2, 0.25) is 0 Å². The van der Waals surface area contributed by atoms with Gasteiger partial charge in [-0.1, -0.05) is 0 Å². The van der Waals surface area contributed by atoms with Gasteiger partial charge in [-0.05, 0) is 0 Å². The van der Waals surface area contributed by atoms with Crippen LogP contribution in [-0.4, -0.2) is 29.0 Å². The van der Waals surface area contributed by atoms with Gasteiger partial charge in [0, 0.05) is 0 Å². The molecule has 0 aliphatic rings. The predicted octanol–water partition coefficient (Wildman–Crippen LogP) is 8.14. The van der Waals surface area contributed by atoms with Crippen LogP contribution in [0, 0.1) is 0 Å². The van der Waals surface area contributed by atoms with Crippen LogP contribution in [0.1, 0.15) is 0 Å². The molecule has 0 nitrogen and oxygen atoms in total. The van der Waals surface area contributed by atoms with Gasteiger partial charge in [-0.25, -0.2) is 0 Å². The van der Waals surface area contributed by atoms with Gasteiger partial charge >= 0.3 is 214 Å². The standard InChI is InChI=1S/C32H22Se2/c1-3-7-23(8-4-1)25-11-15-27(16-12-25)29-19-21-31(33-29)32-22-20-30(34-32)28-17-13-26(14-18-28)24-9-5-2-6-10-24/h1-22H. The van der Waals surface area contributed by atoms with Gasteiger partial charge in [0.25, 0.3) is 0 Å². The molecule has 162 valence electrons. The van der Waals surface area contributed by atoms with Crippen LogP contribution in [-0.2, 0) is 0 Å². The summed E-state index contributed by atoms with van der Waals surface area (Å²) in [6, 6.07) is 48.6. The van der Waals surface area contributed by atoms with Crippen LogP contribution in [0.4, 0.5) is 0 Å². The Labute approximate surface area is 212 Å². The maximum atomic E-state index is 2.35. The normalized spacial score (nSPS) is 10.9. The Morgan fingerprint density at radius 1 is 0.235 bits per heavy atom. The Kier molecular flexibility index (Phi) is 6.06. The number of hydrogen-bond acceptors (Lipinski definition) is 0. The maximum absolute atomic E-state index is 2.35. The van der Waals surface area contributed by atoms with E-state index < -0.39 is 0 Å². The van der Waals surface area contributed by atoms with Crippen molar-refractivity contribution in [2.45, 2.75) is 0 Å². The summed E-state index contributed by atoms with van der Waals surface area (Å²) in [5, 5.41) is 0. The molecule has 0 fully saturated rings. The van der Waals surface area contributed by atoms with Crippen molar-refractivity contribution in [3.8, 4) is 51.1 Å². The molecule has 2 heteroatoms. The average molecular weight is 564 g/mol. The molecule has 2 aromatic heterocycles. The van der Waals surface area contributed by atoms with Crippen molar-refractivity contribution in [1.29, 1.82) is 0 Å². The first-order valence-electron chi connectivity index (χ1n) is 11.4. The molecule has 0 atom stereocenters. The van der Waals surface area contributed by atoms with Crippen molar-refractivity contribution in [3.05, 3.63) is 133 Å². The summed E-state index contributed by atoms with van der Waals surface area (Å²) in [7, 11) is 0. The van der Waals surface area contributed by atoms with Crippen LogP contribution in [0.5, 0.6) is 0 Å². The van der Waals surface area contributed by atoms with Crippen molar-refractivity contribution >= 4 is 29.0 Å². The second-order valence-electron chi connectivity index (χ2n) is 8.21. The molecule has 6 aromatic rings. The first-order chi connectivity index (χ1) is 16.8. The third kappa shape index (κ3) is 4.47. The van der Waals surface area contributed by atoms with Crippen molar-refractivity contribution < 1.29 is 0 Å². The minimum absolute atomic E-state index is 0.363. The van der Waals surface area contributed by atoms with Crippen LogP contribution in [0.2, 0.25) is 0 Å². The van der Waals surface area contributed by atoms with E-state index in [1.54, 1.807) is 0 Å². The second-order valence-corrected chi connectivity index (χ2v) is 12.8. The van der Waals surface area contributed by atoms with Crippen LogP contribution in [0.25, 0.3) is 51.1 Å². The van der Waals surface area contributed by atoms with Gasteiger partial charge in [-0.15, -0.1) is 0 Å². The Bertz CT molecular complexity index is 1380. The monoisotopic (exact) mass is 566 g/mol. The first-order valence-corrected chi connectivity index (χ1v) is 14.8. The van der Waals surface area contributed by atoms with Gasteiger partial charge in [-0.2, -0.15) is 0 Å². The molecule has 0 spiro atoms. The Morgan fingerprint density at radius 2 is 0.529 bits per heavy atom. The Morgan fingerprint density at radius 3 is 0.912 bits per heavy atom. The van der Waals surface area contributed by atoms with Gasteiger partial charge in [-0.3, -0.25) is 0 Å². The van der Waals surface area contributed by atoms with Gasteiger partial charge < -0.3 is 0 Å². The van der Waals surface area contributed by atoms with E-state index in [1.807, 2.05) is 0 Å². The minimum atomic E-state index is 0.363. The Hall–Kier alpha value is -3.12. The average Bonchev–Trinajstić information content (AvgIpc) is 3.61. The SMILES string of the molecule is c1ccc(-c2ccc(-c3ccc(-c4ccc(-c5ccc(-c6ccccc6)cc5)[se]4)[se]3)cc2)cc1. The summed E-state index contributed by atoms with van der Waals surface area (Å²) in [6.45, 7) is 0. The van der Waals surface area contributed by atoms with E-state index in [0.29, 0.717) is 29.0 Å². The molecule has 0 N–H and O–H groups in total. The topological polar surface area (TPSA) is 0 Å². The van der Waals surface area contributed by atoms with E-state index in [2.05, 4.69) is 133 Å². The van der Waals surface area contributed by atoms with E-state index in [9.17, 15) is 0 Å². The molecule has 0 unspecified atom stereocenters. The summed E-state index contributed by atoms with van der Waals surface area (Å²) in [5.41, 5.74) is 7.79. The van der Waals surface area contributed by atoms with Crippen LogP contribution >= 0.6 is 0 Å². The van der Waals surface area contributed by atoms with E-state index in [0.717, 1.165) is 0 Å². The molecule has 0 radical (unpaired) electrons.